The average molecular weight is 462 g/mol. The first-order valence-electron chi connectivity index (χ1n) is 11.1. The Morgan fingerprint density at radius 1 is 1.00 bits per heavy atom. The summed E-state index contributed by atoms with van der Waals surface area (Å²) in [6.45, 7) is 16.8. The molecule has 2 aliphatic carbocycles. The van der Waals surface area contributed by atoms with Crippen LogP contribution in [0.15, 0.2) is 63.0 Å². The SMILES string of the molecule is CCC1=[C]([Zr](=[C](C)C)[c]2cccc3c2Cc2ccccc2-3)C(C)C=C1C(C)(C)C. The van der Waals surface area contributed by atoms with Crippen molar-refractivity contribution in [1.29, 1.82) is 0 Å². The van der Waals surface area contributed by atoms with E-state index in [2.05, 4.69) is 97.0 Å². The van der Waals surface area contributed by atoms with Crippen LogP contribution < -0.4 is 3.27 Å². The first kappa shape index (κ1) is 20.9. The predicted octanol–water partition coefficient (Wildman–Crippen LogP) is 7.00. The second-order valence-corrected chi connectivity index (χ2v) is 16.9. The number of benzene rings is 2. The van der Waals surface area contributed by atoms with Gasteiger partial charge < -0.3 is 0 Å². The topological polar surface area (TPSA) is 0 Å². The number of rotatable bonds is 3. The molecule has 0 bridgehead atoms. The molecule has 29 heavy (non-hydrogen) atoms. The molecule has 0 nitrogen and oxygen atoms in total. The first-order valence-corrected chi connectivity index (χ1v) is 14.8. The summed E-state index contributed by atoms with van der Waals surface area (Å²) in [7, 11) is 0. The van der Waals surface area contributed by atoms with Crippen LogP contribution in [-0.2, 0) is 27.7 Å². The summed E-state index contributed by atoms with van der Waals surface area (Å²) in [5, 5.41) is 0. The molecule has 0 spiro atoms. The second kappa shape index (κ2) is 7.74. The summed E-state index contributed by atoms with van der Waals surface area (Å²) in [4.78, 5) is 0. The Balaban J connectivity index is 1.92. The molecule has 0 saturated heterocycles. The zero-order valence-corrected chi connectivity index (χ0v) is 21.6. The van der Waals surface area contributed by atoms with Crippen LogP contribution in [0.4, 0.5) is 0 Å². The van der Waals surface area contributed by atoms with E-state index in [0.29, 0.717) is 5.92 Å². The van der Waals surface area contributed by atoms with E-state index < -0.39 is 21.3 Å². The van der Waals surface area contributed by atoms with Crippen LogP contribution in [0.1, 0.15) is 66.0 Å². The van der Waals surface area contributed by atoms with E-state index in [9.17, 15) is 0 Å². The number of hydrogen-bond donors (Lipinski definition) is 0. The molecule has 2 aromatic rings. The van der Waals surface area contributed by atoms with Gasteiger partial charge >= 0.3 is 186 Å². The molecule has 0 N–H and O–H groups in total. The van der Waals surface area contributed by atoms with Gasteiger partial charge in [0.25, 0.3) is 0 Å². The molecule has 1 unspecified atom stereocenters. The summed E-state index contributed by atoms with van der Waals surface area (Å²) in [5.41, 5.74) is 9.61. The van der Waals surface area contributed by atoms with Crippen LogP contribution >= 0.6 is 0 Å². The Labute approximate surface area is 184 Å². The van der Waals surface area contributed by atoms with E-state index in [4.69, 9.17) is 0 Å². The van der Waals surface area contributed by atoms with Gasteiger partial charge in [-0.25, -0.2) is 0 Å². The third-order valence-electron chi connectivity index (χ3n) is 6.57. The summed E-state index contributed by atoms with van der Waals surface area (Å²) >= 11 is -2.14. The van der Waals surface area contributed by atoms with E-state index in [1.165, 1.54) is 16.7 Å². The van der Waals surface area contributed by atoms with Gasteiger partial charge in [-0.2, -0.15) is 0 Å². The zero-order valence-electron chi connectivity index (χ0n) is 19.1. The van der Waals surface area contributed by atoms with Gasteiger partial charge in [0, 0.05) is 0 Å². The molecule has 2 aliphatic rings. The van der Waals surface area contributed by atoms with E-state index in [0.717, 1.165) is 12.8 Å². The standard InChI is InChI=1S/C13H9.C12H19.C3H6.Zr/c1-3-7-12-10(5-1)9-11-6-2-4-8-13(11)12;1-6-10-7-9(2)8-11(10)12(3,4)5;1-3-2;/h1-5,7-8H,9H2;8-9H,6H2,1-5H3;1-2H3;. The van der Waals surface area contributed by atoms with Crippen LogP contribution in [-0.4, -0.2) is 3.21 Å². The Bertz CT molecular complexity index is 1070. The van der Waals surface area contributed by atoms with Crippen molar-refractivity contribution < 1.29 is 21.3 Å². The van der Waals surface area contributed by atoms with E-state index in [1.807, 2.05) is 3.28 Å². The third kappa shape index (κ3) is 3.55. The normalized spacial score (nSPS) is 17.9. The zero-order chi connectivity index (χ0) is 20.9. The molecule has 1 atom stereocenters. The third-order valence-corrected chi connectivity index (χ3v) is 14.7. The van der Waals surface area contributed by atoms with Gasteiger partial charge in [-0.05, 0) is 0 Å². The summed E-state index contributed by atoms with van der Waals surface area (Å²) in [5.74, 6) is 0.586. The molecule has 0 aliphatic heterocycles. The van der Waals surface area contributed by atoms with Crippen molar-refractivity contribution in [3.05, 3.63) is 74.1 Å². The number of allylic oxidation sites excluding steroid dienone is 4. The molecule has 0 saturated carbocycles. The quantitative estimate of drug-likeness (QED) is 0.394. The van der Waals surface area contributed by atoms with Gasteiger partial charge in [-0.3, -0.25) is 0 Å². The van der Waals surface area contributed by atoms with Crippen LogP contribution in [0.2, 0.25) is 0 Å². The van der Waals surface area contributed by atoms with Crippen molar-refractivity contribution in [3.8, 4) is 11.1 Å². The van der Waals surface area contributed by atoms with Crippen molar-refractivity contribution in [2.24, 2.45) is 11.3 Å². The predicted molar refractivity (Wildman–Crippen MR) is 125 cm³/mol. The van der Waals surface area contributed by atoms with Gasteiger partial charge in [-0.1, -0.05) is 0 Å². The molecule has 2 aromatic carbocycles. The van der Waals surface area contributed by atoms with Crippen molar-refractivity contribution in [1.82, 2.24) is 0 Å². The summed E-state index contributed by atoms with van der Waals surface area (Å²) in [6.07, 6.45) is 4.87. The molecule has 0 aromatic heterocycles. The maximum absolute atomic E-state index is 2.59. The fourth-order valence-electron chi connectivity index (χ4n) is 5.39. The molecule has 4 rings (SSSR count). The van der Waals surface area contributed by atoms with Crippen LogP contribution in [0, 0.1) is 11.3 Å². The van der Waals surface area contributed by atoms with Crippen molar-refractivity contribution in [2.75, 3.05) is 0 Å². The monoisotopic (exact) mass is 460 g/mol. The Morgan fingerprint density at radius 3 is 2.34 bits per heavy atom. The van der Waals surface area contributed by atoms with Gasteiger partial charge in [0.15, 0.2) is 0 Å². The Kier molecular flexibility index (Phi) is 5.58. The maximum atomic E-state index is 2.59. The van der Waals surface area contributed by atoms with Crippen LogP contribution in [0.25, 0.3) is 11.1 Å². The minimum absolute atomic E-state index is 0.228. The fraction of sp³-hybridized carbons (Fsp3) is 0.393. The number of hydrogen-bond acceptors (Lipinski definition) is 0. The fourth-order valence-corrected chi connectivity index (χ4v) is 13.5. The second-order valence-electron chi connectivity index (χ2n) is 9.91. The summed E-state index contributed by atoms with van der Waals surface area (Å²) < 4.78 is 5.26. The molecule has 0 amide bonds. The van der Waals surface area contributed by atoms with Gasteiger partial charge in [0.2, 0.25) is 0 Å². The molecular formula is C28H34Zr. The minimum atomic E-state index is -2.14. The van der Waals surface area contributed by atoms with Crippen molar-refractivity contribution >= 4 is 6.48 Å². The van der Waals surface area contributed by atoms with E-state index in [-0.39, 0.29) is 5.41 Å². The van der Waals surface area contributed by atoms with Crippen molar-refractivity contribution in [3.63, 3.8) is 0 Å². The number of fused-ring (bicyclic) bond motifs is 3. The van der Waals surface area contributed by atoms with E-state index >= 15 is 0 Å². The average Bonchev–Trinajstić information content (AvgIpc) is 3.20. The molecule has 150 valence electrons. The van der Waals surface area contributed by atoms with E-state index in [1.54, 1.807) is 23.2 Å². The van der Waals surface area contributed by atoms with Crippen LogP contribution in [0.5, 0.6) is 0 Å². The van der Waals surface area contributed by atoms with Gasteiger partial charge in [0.1, 0.15) is 0 Å². The first-order chi connectivity index (χ1) is 13.7. The van der Waals surface area contributed by atoms with Crippen LogP contribution in [0.3, 0.4) is 0 Å². The van der Waals surface area contributed by atoms with Gasteiger partial charge in [0.05, 0.1) is 0 Å². The van der Waals surface area contributed by atoms with Crippen molar-refractivity contribution in [2.45, 2.75) is 61.3 Å². The molecule has 0 radical (unpaired) electrons. The molecule has 1 heteroatoms. The Hall–Kier alpha value is -1.33. The molecule has 0 fully saturated rings. The summed E-state index contributed by atoms with van der Waals surface area (Å²) in [6, 6.07) is 16.2. The Morgan fingerprint density at radius 2 is 1.69 bits per heavy atom. The van der Waals surface area contributed by atoms with Gasteiger partial charge in [-0.15, -0.1) is 0 Å². The molecule has 0 heterocycles. The molecular weight excluding hydrogens is 428 g/mol.